The molecule has 0 aliphatic heterocycles. The molecule has 10 nitrogen and oxygen atoms in total. The molecule has 0 radical (unpaired) electrons. The van der Waals surface area contributed by atoms with Crippen molar-refractivity contribution < 1.29 is 32.2 Å². The van der Waals surface area contributed by atoms with Crippen LogP contribution in [0.2, 0.25) is 0 Å². The summed E-state index contributed by atoms with van der Waals surface area (Å²) in [7, 11) is -1.48. The number of hydrogen-bond acceptors (Lipinski definition) is 7. The van der Waals surface area contributed by atoms with E-state index in [0.29, 0.717) is 24.7 Å². The van der Waals surface area contributed by atoms with E-state index in [0.717, 1.165) is 33.8 Å². The first-order valence-corrected chi connectivity index (χ1v) is 18.2. The average molecular weight is 702 g/mol. The number of benzene rings is 4. The number of nitrogens with one attached hydrogen (secondary N) is 1. The van der Waals surface area contributed by atoms with Gasteiger partial charge in [-0.3, -0.25) is 13.9 Å². The van der Waals surface area contributed by atoms with Gasteiger partial charge in [0.1, 0.15) is 18.3 Å². The van der Waals surface area contributed by atoms with Crippen molar-refractivity contribution in [2.45, 2.75) is 57.5 Å². The van der Waals surface area contributed by atoms with Crippen LogP contribution in [0.25, 0.3) is 0 Å². The summed E-state index contributed by atoms with van der Waals surface area (Å²) in [5.74, 6) is 0.285. The van der Waals surface area contributed by atoms with Crippen LogP contribution in [0.4, 0.5) is 5.69 Å². The predicted molar refractivity (Wildman–Crippen MR) is 195 cm³/mol. The van der Waals surface area contributed by atoms with Crippen molar-refractivity contribution in [3.63, 3.8) is 0 Å². The molecule has 0 heterocycles. The van der Waals surface area contributed by atoms with Crippen LogP contribution in [0.3, 0.4) is 0 Å². The predicted octanol–water partition coefficient (Wildman–Crippen LogP) is 6.16. The first-order valence-electron chi connectivity index (χ1n) is 16.8. The molecule has 4 aromatic carbocycles. The average Bonchev–Trinajstić information content (AvgIpc) is 3.13. The SMILES string of the molecule is CCCCNC(=O)[C@@H](Cc1ccccc1)N(Cc1ccccc1C)C(=O)CN(c1ccc(OCC)cc1)S(=O)(=O)c1ccc(OC)c(OC)c1. The summed E-state index contributed by atoms with van der Waals surface area (Å²) in [6.07, 6.45) is 1.91. The molecule has 0 saturated heterocycles. The summed E-state index contributed by atoms with van der Waals surface area (Å²) < 4.78 is 46.4. The Hall–Kier alpha value is -5.03. The molecule has 0 aliphatic carbocycles. The van der Waals surface area contributed by atoms with Gasteiger partial charge in [0, 0.05) is 25.6 Å². The van der Waals surface area contributed by atoms with Crippen molar-refractivity contribution in [3.05, 3.63) is 114 Å². The number of aryl methyl sites for hydroxylation is 1. The first kappa shape index (κ1) is 37.8. The van der Waals surface area contributed by atoms with E-state index in [-0.39, 0.29) is 35.2 Å². The highest BCUT2D eigenvalue weighted by Gasteiger charge is 2.35. The molecule has 50 heavy (non-hydrogen) atoms. The van der Waals surface area contributed by atoms with Gasteiger partial charge in [-0.1, -0.05) is 67.9 Å². The smallest absolute Gasteiger partial charge is 0.264 e. The summed E-state index contributed by atoms with van der Waals surface area (Å²) in [6.45, 7) is 6.24. The van der Waals surface area contributed by atoms with E-state index in [9.17, 15) is 18.0 Å². The summed E-state index contributed by atoms with van der Waals surface area (Å²) in [4.78, 5) is 30.1. The molecule has 0 bridgehead atoms. The van der Waals surface area contributed by atoms with Gasteiger partial charge >= 0.3 is 0 Å². The molecule has 0 aliphatic rings. The van der Waals surface area contributed by atoms with Gasteiger partial charge in [0.05, 0.1) is 31.4 Å². The fourth-order valence-corrected chi connectivity index (χ4v) is 6.97. The molecule has 4 aromatic rings. The summed E-state index contributed by atoms with van der Waals surface area (Å²) >= 11 is 0. The number of anilines is 1. The van der Waals surface area contributed by atoms with Gasteiger partial charge in [-0.15, -0.1) is 0 Å². The number of methoxy groups -OCH3 is 2. The second-order valence-corrected chi connectivity index (χ2v) is 13.6. The summed E-state index contributed by atoms with van der Waals surface area (Å²) in [5.41, 5.74) is 2.90. The second kappa shape index (κ2) is 18.1. The van der Waals surface area contributed by atoms with Crippen LogP contribution < -0.4 is 23.8 Å². The van der Waals surface area contributed by atoms with Crippen molar-refractivity contribution in [1.29, 1.82) is 0 Å². The number of carbonyl (C=O) groups excluding carboxylic acids is 2. The maximum absolute atomic E-state index is 14.8. The van der Waals surface area contributed by atoms with Crippen molar-refractivity contribution in [3.8, 4) is 17.2 Å². The van der Waals surface area contributed by atoms with Crippen molar-refractivity contribution in [2.75, 3.05) is 38.2 Å². The van der Waals surface area contributed by atoms with Crippen LogP contribution in [0.1, 0.15) is 43.4 Å². The lowest BCUT2D eigenvalue weighted by molar-refractivity contribution is -0.140. The van der Waals surface area contributed by atoms with Crippen LogP contribution in [0.5, 0.6) is 17.2 Å². The third-order valence-corrected chi connectivity index (χ3v) is 10.1. The molecule has 0 unspecified atom stereocenters. The number of sulfonamides is 1. The van der Waals surface area contributed by atoms with Crippen LogP contribution in [0, 0.1) is 6.92 Å². The minimum absolute atomic E-state index is 0.0950. The number of amides is 2. The second-order valence-electron chi connectivity index (χ2n) is 11.8. The van der Waals surface area contributed by atoms with E-state index < -0.39 is 28.5 Å². The molecule has 266 valence electrons. The largest absolute Gasteiger partial charge is 0.494 e. The normalized spacial score (nSPS) is 11.7. The molecule has 2 amide bonds. The zero-order valence-electron chi connectivity index (χ0n) is 29.4. The van der Waals surface area contributed by atoms with E-state index in [4.69, 9.17) is 14.2 Å². The Labute approximate surface area is 296 Å². The Morgan fingerprint density at radius 1 is 0.840 bits per heavy atom. The van der Waals surface area contributed by atoms with Crippen molar-refractivity contribution in [1.82, 2.24) is 10.2 Å². The number of nitrogens with zero attached hydrogens (tertiary/aromatic N) is 2. The van der Waals surface area contributed by atoms with Crippen LogP contribution in [0.15, 0.2) is 102 Å². The molecule has 1 atom stereocenters. The van der Waals surface area contributed by atoms with E-state index in [1.165, 1.54) is 37.3 Å². The number of rotatable bonds is 18. The molecule has 0 saturated carbocycles. The third kappa shape index (κ3) is 9.56. The maximum Gasteiger partial charge on any atom is 0.264 e. The minimum Gasteiger partial charge on any atom is -0.494 e. The van der Waals surface area contributed by atoms with Gasteiger partial charge in [0.15, 0.2) is 11.5 Å². The number of carbonyl (C=O) groups is 2. The lowest BCUT2D eigenvalue weighted by Gasteiger charge is -2.34. The van der Waals surface area contributed by atoms with Gasteiger partial charge in [0.2, 0.25) is 11.8 Å². The highest BCUT2D eigenvalue weighted by molar-refractivity contribution is 7.92. The fraction of sp³-hybridized carbons (Fsp3) is 0.333. The van der Waals surface area contributed by atoms with Gasteiger partial charge < -0.3 is 24.4 Å². The molecular weight excluding hydrogens is 655 g/mol. The molecule has 0 fully saturated rings. The Kier molecular flexibility index (Phi) is 13.7. The van der Waals surface area contributed by atoms with Crippen LogP contribution in [-0.4, -0.2) is 65.1 Å². The zero-order valence-corrected chi connectivity index (χ0v) is 30.2. The summed E-state index contributed by atoms with van der Waals surface area (Å²) in [5, 5.41) is 3.02. The van der Waals surface area contributed by atoms with E-state index in [1.807, 2.05) is 75.4 Å². The molecular formula is C39H47N3O7S. The van der Waals surface area contributed by atoms with Gasteiger partial charge in [-0.25, -0.2) is 8.42 Å². The van der Waals surface area contributed by atoms with Crippen molar-refractivity contribution in [2.24, 2.45) is 0 Å². The monoisotopic (exact) mass is 701 g/mol. The topological polar surface area (TPSA) is 114 Å². The van der Waals surface area contributed by atoms with Crippen LogP contribution in [-0.2, 0) is 32.6 Å². The van der Waals surface area contributed by atoms with Gasteiger partial charge in [0.25, 0.3) is 10.0 Å². The number of hydrogen-bond donors (Lipinski definition) is 1. The minimum atomic E-state index is -4.36. The number of ether oxygens (including phenoxy) is 3. The molecule has 0 spiro atoms. The molecule has 0 aromatic heterocycles. The Morgan fingerprint density at radius 2 is 1.52 bits per heavy atom. The lowest BCUT2D eigenvalue weighted by Crippen LogP contribution is -2.53. The van der Waals surface area contributed by atoms with E-state index >= 15 is 0 Å². The van der Waals surface area contributed by atoms with Crippen LogP contribution >= 0.6 is 0 Å². The maximum atomic E-state index is 14.8. The third-order valence-electron chi connectivity index (χ3n) is 8.36. The fourth-order valence-electron chi connectivity index (χ4n) is 5.54. The Balaban J connectivity index is 1.83. The van der Waals surface area contributed by atoms with E-state index in [1.54, 1.807) is 24.3 Å². The Bertz CT molecular complexity index is 1820. The highest BCUT2D eigenvalue weighted by Crippen LogP contribution is 2.33. The zero-order chi connectivity index (χ0) is 36.1. The van der Waals surface area contributed by atoms with Crippen molar-refractivity contribution >= 4 is 27.5 Å². The number of unbranched alkanes of at least 4 members (excludes halogenated alkanes) is 1. The quantitative estimate of drug-likeness (QED) is 0.124. The standard InChI is InChI=1S/C39H47N3O7S/c1-6-8-24-40-39(44)35(25-30-15-10-9-11-16-30)41(27-31-17-13-12-14-29(31)3)38(43)28-42(32-18-20-33(21-19-32)49-7-2)50(45,46)34-22-23-36(47-4)37(26-34)48-5/h9-23,26,35H,6-8,24-25,27-28H2,1-5H3,(H,40,44)/t35-/m1/s1. The molecule has 1 N–H and O–H groups in total. The summed E-state index contributed by atoms with van der Waals surface area (Å²) in [6, 6.07) is 27.0. The molecule has 4 rings (SSSR count). The van der Waals surface area contributed by atoms with E-state index in [2.05, 4.69) is 5.32 Å². The Morgan fingerprint density at radius 3 is 2.16 bits per heavy atom. The first-order chi connectivity index (χ1) is 24.1. The highest BCUT2D eigenvalue weighted by atomic mass is 32.2. The van der Waals surface area contributed by atoms with Gasteiger partial charge in [-0.2, -0.15) is 0 Å². The molecule has 11 heteroatoms. The lowest BCUT2D eigenvalue weighted by atomic mass is 10.0. The van der Waals surface area contributed by atoms with Gasteiger partial charge in [-0.05, 0) is 73.4 Å².